The lowest BCUT2D eigenvalue weighted by atomic mass is 10.2. The number of rotatable bonds is 3. The number of nitrogens with zero attached hydrogens (tertiary/aromatic N) is 1. The molecule has 0 radical (unpaired) electrons. The quantitative estimate of drug-likeness (QED) is 0.796. The molecule has 0 aromatic carbocycles. The number of hydrogen-bond acceptors (Lipinski definition) is 3. The van der Waals surface area contributed by atoms with Crippen LogP contribution in [0.15, 0.2) is 18.3 Å². The molecule has 1 N–H and O–H groups in total. The Hall–Kier alpha value is -0.800. The zero-order valence-electron chi connectivity index (χ0n) is 8.32. The number of aromatic nitrogens is 1. The van der Waals surface area contributed by atoms with Gasteiger partial charge < -0.3 is 10.1 Å². The number of halogens is 1. The predicted molar refractivity (Wildman–Crippen MR) is 58.2 cm³/mol. The smallest absolute Gasteiger partial charge is 0.137 e. The van der Waals surface area contributed by atoms with Crippen molar-refractivity contribution in [2.24, 2.45) is 5.92 Å². The molecular formula is C11H13ClN2O. The second-order valence-corrected chi connectivity index (χ2v) is 4.72. The van der Waals surface area contributed by atoms with Crippen molar-refractivity contribution in [1.82, 2.24) is 10.3 Å². The van der Waals surface area contributed by atoms with Crippen molar-refractivity contribution in [3.8, 4) is 5.75 Å². The first kappa shape index (κ1) is 9.43. The largest absolute Gasteiger partial charge is 0.490 e. The summed E-state index contributed by atoms with van der Waals surface area (Å²) in [6.45, 7) is 0.732. The van der Waals surface area contributed by atoms with Gasteiger partial charge in [-0.15, -0.1) is 0 Å². The maximum absolute atomic E-state index is 5.68. The minimum absolute atomic E-state index is 0.502. The van der Waals surface area contributed by atoms with Crippen molar-refractivity contribution >= 4 is 11.6 Å². The van der Waals surface area contributed by atoms with Gasteiger partial charge in [0.2, 0.25) is 0 Å². The Morgan fingerprint density at radius 1 is 1.47 bits per heavy atom. The summed E-state index contributed by atoms with van der Waals surface area (Å²) in [4.78, 5) is 3.97. The molecule has 0 unspecified atom stereocenters. The van der Waals surface area contributed by atoms with Crippen LogP contribution in [0, 0.1) is 5.92 Å². The summed E-state index contributed by atoms with van der Waals surface area (Å²) in [5.41, 5.74) is 0. The summed E-state index contributed by atoms with van der Waals surface area (Å²) in [5, 5.41) is 4.04. The fourth-order valence-corrected chi connectivity index (χ4v) is 2.32. The van der Waals surface area contributed by atoms with Crippen LogP contribution in [0.25, 0.3) is 0 Å². The SMILES string of the molecule is Clc1ccc(OC[C@H]2C[C@H]3C[C@H]3N2)cn1. The second kappa shape index (κ2) is 3.65. The van der Waals surface area contributed by atoms with E-state index in [1.54, 1.807) is 12.3 Å². The van der Waals surface area contributed by atoms with E-state index in [0.717, 1.165) is 24.3 Å². The molecule has 80 valence electrons. The Labute approximate surface area is 93.8 Å². The van der Waals surface area contributed by atoms with Crippen molar-refractivity contribution in [2.75, 3.05) is 6.61 Å². The molecule has 2 fully saturated rings. The lowest BCUT2D eigenvalue weighted by Gasteiger charge is -2.13. The molecule has 1 aromatic heterocycles. The Kier molecular flexibility index (Phi) is 2.29. The molecule has 3 rings (SSSR count). The Bertz CT molecular complexity index is 344. The minimum atomic E-state index is 0.502. The van der Waals surface area contributed by atoms with Crippen LogP contribution >= 0.6 is 11.6 Å². The zero-order chi connectivity index (χ0) is 10.3. The topological polar surface area (TPSA) is 34.1 Å². The maximum Gasteiger partial charge on any atom is 0.137 e. The summed E-state index contributed by atoms with van der Waals surface area (Å²) in [6, 6.07) is 4.90. The van der Waals surface area contributed by atoms with E-state index in [-0.39, 0.29) is 0 Å². The molecule has 1 saturated heterocycles. The average Bonchev–Trinajstić information content (AvgIpc) is 2.86. The van der Waals surface area contributed by atoms with E-state index in [1.165, 1.54) is 12.8 Å². The third-order valence-corrected chi connectivity index (χ3v) is 3.33. The molecule has 2 heterocycles. The predicted octanol–water partition coefficient (Wildman–Crippen LogP) is 1.86. The zero-order valence-corrected chi connectivity index (χ0v) is 9.07. The van der Waals surface area contributed by atoms with Gasteiger partial charge in [-0.2, -0.15) is 0 Å². The van der Waals surface area contributed by atoms with Crippen LogP contribution in [-0.2, 0) is 0 Å². The molecule has 1 saturated carbocycles. The van der Waals surface area contributed by atoms with Gasteiger partial charge in [0.05, 0.1) is 6.20 Å². The van der Waals surface area contributed by atoms with E-state index in [9.17, 15) is 0 Å². The van der Waals surface area contributed by atoms with Gasteiger partial charge >= 0.3 is 0 Å². The fraction of sp³-hybridized carbons (Fsp3) is 0.545. The summed E-state index contributed by atoms with van der Waals surface area (Å²) in [5.74, 6) is 1.71. The second-order valence-electron chi connectivity index (χ2n) is 4.33. The molecule has 4 heteroatoms. The van der Waals surface area contributed by atoms with E-state index in [4.69, 9.17) is 16.3 Å². The fourth-order valence-electron chi connectivity index (χ4n) is 2.21. The van der Waals surface area contributed by atoms with Gasteiger partial charge in [0.1, 0.15) is 17.5 Å². The van der Waals surface area contributed by atoms with E-state index in [0.29, 0.717) is 11.2 Å². The van der Waals surface area contributed by atoms with Gasteiger partial charge in [-0.3, -0.25) is 0 Å². The monoisotopic (exact) mass is 224 g/mol. The first-order chi connectivity index (χ1) is 7.31. The van der Waals surface area contributed by atoms with E-state index >= 15 is 0 Å². The van der Waals surface area contributed by atoms with Crippen molar-refractivity contribution in [2.45, 2.75) is 24.9 Å². The third-order valence-electron chi connectivity index (χ3n) is 3.11. The summed E-state index contributed by atoms with van der Waals surface area (Å²) < 4.78 is 5.63. The van der Waals surface area contributed by atoms with Crippen LogP contribution in [0.4, 0.5) is 0 Å². The standard InChI is InChI=1S/C11H13ClN2O/c12-11-2-1-9(5-13-11)15-6-8-3-7-4-10(7)14-8/h1-2,5,7-8,10,14H,3-4,6H2/t7-,8+,10+/m0/s1. The van der Waals surface area contributed by atoms with Crippen molar-refractivity contribution < 1.29 is 4.74 Å². The first-order valence-corrected chi connectivity index (χ1v) is 5.69. The highest BCUT2D eigenvalue weighted by molar-refractivity contribution is 6.29. The summed E-state index contributed by atoms with van der Waals surface area (Å²) in [7, 11) is 0. The number of hydrogen-bond donors (Lipinski definition) is 1. The van der Waals surface area contributed by atoms with E-state index < -0.39 is 0 Å². The van der Waals surface area contributed by atoms with Crippen LogP contribution in [0.5, 0.6) is 5.75 Å². The lowest BCUT2D eigenvalue weighted by Crippen LogP contribution is -2.31. The Morgan fingerprint density at radius 3 is 3.07 bits per heavy atom. The maximum atomic E-state index is 5.68. The lowest BCUT2D eigenvalue weighted by molar-refractivity contribution is 0.267. The normalized spacial score (nSPS) is 32.5. The van der Waals surface area contributed by atoms with Gasteiger partial charge in [0.15, 0.2) is 0 Å². The minimum Gasteiger partial charge on any atom is -0.490 e. The molecule has 0 bridgehead atoms. The molecule has 3 nitrogen and oxygen atoms in total. The van der Waals surface area contributed by atoms with Gasteiger partial charge in [-0.25, -0.2) is 4.98 Å². The molecule has 15 heavy (non-hydrogen) atoms. The van der Waals surface area contributed by atoms with Crippen LogP contribution in [0.2, 0.25) is 5.15 Å². The van der Waals surface area contributed by atoms with Gasteiger partial charge in [-0.05, 0) is 30.9 Å². The van der Waals surface area contributed by atoms with E-state index in [1.807, 2.05) is 6.07 Å². The average molecular weight is 225 g/mol. The molecule has 1 aliphatic heterocycles. The molecule has 3 atom stereocenters. The highest BCUT2D eigenvalue weighted by Crippen LogP contribution is 2.40. The van der Waals surface area contributed by atoms with Crippen LogP contribution in [0.1, 0.15) is 12.8 Å². The number of piperidine rings is 1. The molecule has 0 spiro atoms. The molecule has 0 amide bonds. The van der Waals surface area contributed by atoms with Gasteiger partial charge in [0.25, 0.3) is 0 Å². The van der Waals surface area contributed by atoms with Crippen LogP contribution < -0.4 is 10.1 Å². The van der Waals surface area contributed by atoms with Gasteiger partial charge in [-0.1, -0.05) is 11.6 Å². The molecule has 2 aliphatic rings. The number of fused-ring (bicyclic) bond motifs is 1. The Balaban J connectivity index is 1.51. The highest BCUT2D eigenvalue weighted by Gasteiger charge is 2.45. The number of nitrogens with one attached hydrogen (secondary N) is 1. The summed E-state index contributed by atoms with van der Waals surface area (Å²) >= 11 is 5.68. The molecular weight excluding hydrogens is 212 g/mol. The highest BCUT2D eigenvalue weighted by atomic mass is 35.5. The van der Waals surface area contributed by atoms with Gasteiger partial charge in [0, 0.05) is 12.1 Å². The van der Waals surface area contributed by atoms with Crippen LogP contribution in [0.3, 0.4) is 0 Å². The van der Waals surface area contributed by atoms with Crippen LogP contribution in [-0.4, -0.2) is 23.7 Å². The summed E-state index contributed by atoms with van der Waals surface area (Å²) in [6.07, 6.45) is 4.28. The van der Waals surface area contributed by atoms with Crippen molar-refractivity contribution in [3.05, 3.63) is 23.5 Å². The molecule has 1 aromatic rings. The number of ether oxygens (including phenoxy) is 1. The third kappa shape index (κ3) is 2.08. The molecule has 1 aliphatic carbocycles. The van der Waals surface area contributed by atoms with Crippen molar-refractivity contribution in [3.63, 3.8) is 0 Å². The Morgan fingerprint density at radius 2 is 2.40 bits per heavy atom. The first-order valence-electron chi connectivity index (χ1n) is 5.31. The van der Waals surface area contributed by atoms with Crippen molar-refractivity contribution in [1.29, 1.82) is 0 Å². The number of pyridine rings is 1. The van der Waals surface area contributed by atoms with E-state index in [2.05, 4.69) is 10.3 Å².